The molecule has 0 saturated carbocycles. The van der Waals surface area contributed by atoms with Gasteiger partial charge in [-0.3, -0.25) is 19.5 Å². The molecule has 0 spiro atoms. The first kappa shape index (κ1) is 9.79. The molecule has 1 aromatic heterocycles. The molecule has 15 heavy (non-hydrogen) atoms. The van der Waals surface area contributed by atoms with E-state index in [1.807, 2.05) is 0 Å². The number of carbonyl (C=O) groups is 2. The first-order chi connectivity index (χ1) is 7.11. The second-order valence-electron chi connectivity index (χ2n) is 3.62. The minimum absolute atomic E-state index is 0.222. The summed E-state index contributed by atoms with van der Waals surface area (Å²) >= 11 is 0. The maximum absolute atomic E-state index is 11.8. The quantitative estimate of drug-likeness (QED) is 0.691. The highest BCUT2D eigenvalue weighted by Crippen LogP contribution is 2.21. The van der Waals surface area contributed by atoms with Crippen LogP contribution in [0.25, 0.3) is 0 Å². The molecule has 0 saturated heterocycles. The third-order valence-corrected chi connectivity index (χ3v) is 2.24. The van der Waals surface area contributed by atoms with Crippen molar-refractivity contribution in [1.29, 1.82) is 0 Å². The number of hydrogen-bond acceptors (Lipinski definition) is 4. The van der Waals surface area contributed by atoms with Crippen LogP contribution in [0.5, 0.6) is 0 Å². The van der Waals surface area contributed by atoms with Gasteiger partial charge in [-0.2, -0.15) is 0 Å². The summed E-state index contributed by atoms with van der Waals surface area (Å²) in [5, 5.41) is 0. The molecule has 2 N–H and O–H groups in total. The maximum Gasteiger partial charge on any atom is 0.263 e. The second-order valence-corrected chi connectivity index (χ2v) is 3.62. The topological polar surface area (TPSA) is 76.3 Å². The van der Waals surface area contributed by atoms with Crippen LogP contribution in [0.4, 0.5) is 0 Å². The molecule has 0 bridgehead atoms. The van der Waals surface area contributed by atoms with E-state index in [1.165, 1.54) is 12.4 Å². The summed E-state index contributed by atoms with van der Waals surface area (Å²) in [4.78, 5) is 28.5. The van der Waals surface area contributed by atoms with Crippen molar-refractivity contribution in [1.82, 2.24) is 9.88 Å². The molecule has 78 valence electrons. The lowest BCUT2D eigenvalue weighted by atomic mass is 10.2. The summed E-state index contributed by atoms with van der Waals surface area (Å²) in [7, 11) is 0. The number of nitrogens with zero attached hydrogens (tertiary/aromatic N) is 2. The van der Waals surface area contributed by atoms with Crippen molar-refractivity contribution in [3.63, 3.8) is 0 Å². The fourth-order valence-corrected chi connectivity index (χ4v) is 1.59. The number of rotatable bonds is 2. The highest BCUT2D eigenvalue weighted by Gasteiger charge is 2.35. The zero-order valence-electron chi connectivity index (χ0n) is 8.30. The van der Waals surface area contributed by atoms with Crippen LogP contribution in [0.15, 0.2) is 18.5 Å². The maximum atomic E-state index is 11.8. The van der Waals surface area contributed by atoms with Gasteiger partial charge in [0.1, 0.15) is 0 Å². The minimum Gasteiger partial charge on any atom is -0.326 e. The van der Waals surface area contributed by atoms with E-state index in [4.69, 9.17) is 5.73 Å². The molecule has 1 aliphatic rings. The molecule has 0 aliphatic carbocycles. The summed E-state index contributed by atoms with van der Waals surface area (Å²) in [6.07, 6.45) is 2.91. The Bertz CT molecular complexity index is 393. The first-order valence-corrected chi connectivity index (χ1v) is 4.67. The van der Waals surface area contributed by atoms with E-state index in [0.29, 0.717) is 11.1 Å². The smallest absolute Gasteiger partial charge is 0.263 e. The van der Waals surface area contributed by atoms with Gasteiger partial charge in [0, 0.05) is 25.0 Å². The summed E-state index contributed by atoms with van der Waals surface area (Å²) in [6.45, 7) is 1.99. The molecule has 1 unspecified atom stereocenters. The van der Waals surface area contributed by atoms with Crippen LogP contribution in [-0.4, -0.2) is 34.3 Å². The van der Waals surface area contributed by atoms with Gasteiger partial charge >= 0.3 is 0 Å². The summed E-state index contributed by atoms with van der Waals surface area (Å²) in [5.41, 5.74) is 6.35. The lowest BCUT2D eigenvalue weighted by Gasteiger charge is -2.15. The number of imide groups is 1. The Morgan fingerprint density at radius 1 is 1.40 bits per heavy atom. The molecular formula is C10H11N3O2. The average molecular weight is 205 g/mol. The number of aromatic nitrogens is 1. The van der Waals surface area contributed by atoms with Crippen molar-refractivity contribution in [3.05, 3.63) is 29.6 Å². The first-order valence-electron chi connectivity index (χ1n) is 4.67. The Hall–Kier alpha value is -1.75. The molecular weight excluding hydrogens is 194 g/mol. The van der Waals surface area contributed by atoms with E-state index >= 15 is 0 Å². The third kappa shape index (κ3) is 1.50. The van der Waals surface area contributed by atoms with E-state index in [-0.39, 0.29) is 24.4 Å². The summed E-state index contributed by atoms with van der Waals surface area (Å²) < 4.78 is 0. The largest absolute Gasteiger partial charge is 0.326 e. The van der Waals surface area contributed by atoms with Gasteiger partial charge in [0.2, 0.25) is 0 Å². The standard InChI is InChI=1S/C10H11N3O2/c1-6(11)5-13-9(14)7-2-3-12-4-8(7)10(13)15/h2-4,6H,5,11H2,1H3. The molecule has 1 aliphatic heterocycles. The van der Waals surface area contributed by atoms with Gasteiger partial charge in [0.05, 0.1) is 11.1 Å². The number of fused-ring (bicyclic) bond motifs is 1. The highest BCUT2D eigenvalue weighted by molar-refractivity contribution is 6.21. The summed E-state index contributed by atoms with van der Waals surface area (Å²) in [6, 6.07) is 1.33. The predicted molar refractivity (Wildman–Crippen MR) is 53.3 cm³/mol. The molecule has 2 heterocycles. The lowest BCUT2D eigenvalue weighted by molar-refractivity contribution is 0.0647. The van der Waals surface area contributed by atoms with Crippen LogP contribution < -0.4 is 5.73 Å². The Kier molecular flexibility index (Phi) is 2.24. The number of amides is 2. The molecule has 2 rings (SSSR count). The molecule has 0 fully saturated rings. The Morgan fingerprint density at radius 2 is 2.07 bits per heavy atom. The van der Waals surface area contributed by atoms with E-state index in [0.717, 1.165) is 4.90 Å². The third-order valence-electron chi connectivity index (χ3n) is 2.24. The van der Waals surface area contributed by atoms with Crippen molar-refractivity contribution in [2.45, 2.75) is 13.0 Å². The van der Waals surface area contributed by atoms with Gasteiger partial charge < -0.3 is 5.73 Å². The van der Waals surface area contributed by atoms with Gasteiger partial charge in [-0.15, -0.1) is 0 Å². The molecule has 1 aromatic rings. The van der Waals surface area contributed by atoms with Gasteiger partial charge in [0.25, 0.3) is 11.8 Å². The van der Waals surface area contributed by atoms with Crippen LogP contribution in [0.3, 0.4) is 0 Å². The van der Waals surface area contributed by atoms with E-state index in [1.54, 1.807) is 13.0 Å². The van der Waals surface area contributed by atoms with E-state index in [9.17, 15) is 9.59 Å². The number of nitrogens with two attached hydrogens (primary N) is 1. The molecule has 5 heteroatoms. The fourth-order valence-electron chi connectivity index (χ4n) is 1.59. The van der Waals surface area contributed by atoms with Crippen molar-refractivity contribution in [2.75, 3.05) is 6.54 Å². The minimum atomic E-state index is -0.305. The molecule has 2 amide bonds. The van der Waals surface area contributed by atoms with Crippen molar-refractivity contribution < 1.29 is 9.59 Å². The number of hydrogen-bond donors (Lipinski definition) is 1. The Balaban J connectivity index is 2.37. The summed E-state index contributed by atoms with van der Waals surface area (Å²) in [5.74, 6) is -0.588. The van der Waals surface area contributed by atoms with Gasteiger partial charge in [0.15, 0.2) is 0 Å². The second kappa shape index (κ2) is 3.43. The van der Waals surface area contributed by atoms with Crippen LogP contribution in [-0.2, 0) is 0 Å². The predicted octanol–water partition coefficient (Wildman–Crippen LogP) is 0.0248. The molecule has 0 radical (unpaired) electrons. The van der Waals surface area contributed by atoms with Crippen LogP contribution in [0, 0.1) is 0 Å². The Morgan fingerprint density at radius 3 is 2.67 bits per heavy atom. The van der Waals surface area contributed by atoms with E-state index in [2.05, 4.69) is 4.98 Å². The normalized spacial score (nSPS) is 16.8. The van der Waals surface area contributed by atoms with Crippen LogP contribution >= 0.6 is 0 Å². The van der Waals surface area contributed by atoms with Crippen molar-refractivity contribution in [2.24, 2.45) is 5.73 Å². The van der Waals surface area contributed by atoms with Crippen LogP contribution in [0.1, 0.15) is 27.6 Å². The molecule has 1 atom stereocenters. The fraction of sp³-hybridized carbons (Fsp3) is 0.300. The Labute approximate surface area is 86.9 Å². The highest BCUT2D eigenvalue weighted by atomic mass is 16.2. The van der Waals surface area contributed by atoms with Gasteiger partial charge in [-0.1, -0.05) is 0 Å². The lowest BCUT2D eigenvalue weighted by Crippen LogP contribution is -2.39. The van der Waals surface area contributed by atoms with Gasteiger partial charge in [-0.25, -0.2) is 0 Å². The van der Waals surface area contributed by atoms with Gasteiger partial charge in [-0.05, 0) is 13.0 Å². The number of carbonyl (C=O) groups excluding carboxylic acids is 2. The SMILES string of the molecule is CC(N)CN1C(=O)c2ccncc2C1=O. The number of pyridine rings is 1. The average Bonchev–Trinajstić information content (AvgIpc) is 2.44. The van der Waals surface area contributed by atoms with Crippen molar-refractivity contribution in [3.8, 4) is 0 Å². The zero-order chi connectivity index (χ0) is 11.0. The van der Waals surface area contributed by atoms with Crippen molar-refractivity contribution >= 4 is 11.8 Å². The molecule has 5 nitrogen and oxygen atoms in total. The monoisotopic (exact) mass is 205 g/mol. The zero-order valence-corrected chi connectivity index (χ0v) is 8.30. The molecule has 0 aromatic carbocycles. The van der Waals surface area contributed by atoms with Crippen LogP contribution in [0.2, 0.25) is 0 Å². The van der Waals surface area contributed by atoms with E-state index < -0.39 is 0 Å².